The molecule has 1 aliphatic heterocycles. The average molecular weight is 358 g/mol. The van der Waals surface area contributed by atoms with Gasteiger partial charge in [-0.05, 0) is 24.3 Å². The molecule has 2 heterocycles. The minimum Gasteiger partial charge on any atom is -0.383 e. The van der Waals surface area contributed by atoms with E-state index < -0.39 is 15.9 Å². The van der Waals surface area contributed by atoms with Gasteiger partial charge in [0.15, 0.2) is 15.0 Å². The zero-order chi connectivity index (χ0) is 15.9. The number of nitrogen functional groups attached to an aromatic ring is 1. The van der Waals surface area contributed by atoms with Crippen LogP contribution in [0.15, 0.2) is 45.2 Å². The van der Waals surface area contributed by atoms with Crippen LogP contribution in [0, 0.1) is 0 Å². The van der Waals surface area contributed by atoms with Gasteiger partial charge in [0, 0.05) is 16.8 Å². The second-order valence-corrected chi connectivity index (χ2v) is 8.33. The van der Waals surface area contributed by atoms with Crippen molar-refractivity contribution >= 4 is 39.0 Å². The van der Waals surface area contributed by atoms with Crippen LogP contribution in [-0.2, 0) is 9.84 Å². The first-order valence-electron chi connectivity index (χ1n) is 6.37. The molecule has 1 atom stereocenters. The lowest BCUT2D eigenvalue weighted by Crippen LogP contribution is -2.29. The summed E-state index contributed by atoms with van der Waals surface area (Å²) in [6, 6.07) is 6.73. The number of thioether (sulfide) groups is 1. The van der Waals surface area contributed by atoms with E-state index in [1.165, 1.54) is 46.7 Å². The van der Waals surface area contributed by atoms with Crippen LogP contribution in [0.5, 0.6) is 0 Å². The van der Waals surface area contributed by atoms with Crippen LogP contribution in [-0.4, -0.2) is 29.5 Å². The third kappa shape index (κ3) is 2.86. The maximum Gasteiger partial charge on any atom is 0.256 e. The third-order valence-corrected chi connectivity index (χ3v) is 6.46. The molecule has 0 aliphatic carbocycles. The molecule has 0 unspecified atom stereocenters. The van der Waals surface area contributed by atoms with E-state index in [0.717, 1.165) is 0 Å². The van der Waals surface area contributed by atoms with Crippen molar-refractivity contribution in [2.45, 2.75) is 16.1 Å². The van der Waals surface area contributed by atoms with Crippen LogP contribution in [0.4, 0.5) is 5.82 Å². The highest BCUT2D eigenvalue weighted by Gasteiger charge is 2.30. The first-order valence-corrected chi connectivity index (χ1v) is 9.38. The van der Waals surface area contributed by atoms with E-state index >= 15 is 0 Å². The molecule has 0 fully saturated rings. The van der Waals surface area contributed by atoms with Crippen LogP contribution in [0.3, 0.4) is 0 Å². The maximum absolute atomic E-state index is 12.5. The Balaban J connectivity index is 1.93. The maximum atomic E-state index is 12.5. The Hall–Kier alpha value is -1.51. The molecule has 2 aromatic rings. The molecule has 0 saturated carbocycles. The summed E-state index contributed by atoms with van der Waals surface area (Å²) in [4.78, 5) is 16.3. The van der Waals surface area contributed by atoms with Crippen molar-refractivity contribution in [3.63, 3.8) is 0 Å². The van der Waals surface area contributed by atoms with Crippen molar-refractivity contribution in [1.29, 1.82) is 0 Å². The Bertz CT molecular complexity index is 878. The van der Waals surface area contributed by atoms with E-state index in [2.05, 4.69) is 4.98 Å². The SMILES string of the molecule is Nc1cc(=O)n2c(n1)SC[C@H]2CS(=O)(=O)c1ccc(Cl)cc1. The number of nitrogens with two attached hydrogens (primary N) is 1. The van der Waals surface area contributed by atoms with E-state index in [9.17, 15) is 13.2 Å². The fourth-order valence-electron chi connectivity index (χ4n) is 2.28. The molecule has 3 rings (SSSR count). The van der Waals surface area contributed by atoms with Gasteiger partial charge in [0.1, 0.15) is 5.82 Å². The monoisotopic (exact) mass is 357 g/mol. The Kier molecular flexibility index (Phi) is 3.92. The summed E-state index contributed by atoms with van der Waals surface area (Å²) in [6.45, 7) is 0. The van der Waals surface area contributed by atoms with E-state index in [-0.39, 0.29) is 22.0 Å². The largest absolute Gasteiger partial charge is 0.383 e. The number of rotatable bonds is 3. The lowest BCUT2D eigenvalue weighted by Gasteiger charge is -2.13. The second kappa shape index (κ2) is 5.60. The third-order valence-electron chi connectivity index (χ3n) is 3.29. The summed E-state index contributed by atoms with van der Waals surface area (Å²) in [5.41, 5.74) is 5.21. The number of anilines is 1. The predicted molar refractivity (Wildman–Crippen MR) is 86.2 cm³/mol. The van der Waals surface area contributed by atoms with E-state index in [1.54, 1.807) is 0 Å². The van der Waals surface area contributed by atoms with Crippen LogP contribution in [0.2, 0.25) is 5.02 Å². The number of benzene rings is 1. The molecule has 9 heteroatoms. The van der Waals surface area contributed by atoms with Crippen LogP contribution in [0.25, 0.3) is 0 Å². The van der Waals surface area contributed by atoms with E-state index in [4.69, 9.17) is 17.3 Å². The standard InChI is InChI=1S/C13H12ClN3O3S2/c14-8-1-3-10(4-2-8)22(19,20)7-9-6-21-13-16-11(15)5-12(18)17(9)13/h1-5,9H,6-7,15H2/t9-/m0/s1. The van der Waals surface area contributed by atoms with Crippen molar-refractivity contribution in [3.8, 4) is 0 Å². The Morgan fingerprint density at radius 1 is 1.36 bits per heavy atom. The first-order chi connectivity index (χ1) is 10.4. The lowest BCUT2D eigenvalue weighted by molar-refractivity contribution is 0.528. The zero-order valence-electron chi connectivity index (χ0n) is 11.3. The van der Waals surface area contributed by atoms with Crippen molar-refractivity contribution in [3.05, 3.63) is 45.7 Å². The fourth-order valence-corrected chi connectivity index (χ4v) is 5.23. The molecule has 0 saturated heterocycles. The normalized spacial score (nSPS) is 17.4. The Morgan fingerprint density at radius 2 is 2.05 bits per heavy atom. The summed E-state index contributed by atoms with van der Waals surface area (Å²) in [5, 5.41) is 0.929. The molecule has 1 aromatic heterocycles. The summed E-state index contributed by atoms with van der Waals surface area (Å²) in [5.74, 6) is 0.448. The van der Waals surface area contributed by atoms with Crippen LogP contribution in [0.1, 0.15) is 6.04 Å². The molecule has 0 bridgehead atoms. The second-order valence-electron chi connectivity index (χ2n) is 4.87. The Labute approximate surface area is 136 Å². The minimum absolute atomic E-state index is 0.143. The fraction of sp³-hybridized carbons (Fsp3) is 0.231. The molecular weight excluding hydrogens is 346 g/mol. The number of sulfone groups is 1. The number of nitrogens with zero attached hydrogens (tertiary/aromatic N) is 2. The van der Waals surface area contributed by atoms with Crippen molar-refractivity contribution in [2.75, 3.05) is 17.2 Å². The van der Waals surface area contributed by atoms with E-state index in [1.807, 2.05) is 0 Å². The number of hydrogen-bond donors (Lipinski definition) is 1. The quantitative estimate of drug-likeness (QED) is 0.838. The molecule has 1 aliphatic rings. The van der Waals surface area contributed by atoms with Crippen molar-refractivity contribution in [2.24, 2.45) is 0 Å². The molecule has 0 radical (unpaired) electrons. The summed E-state index contributed by atoms with van der Waals surface area (Å²) < 4.78 is 26.3. The highest BCUT2D eigenvalue weighted by molar-refractivity contribution is 7.99. The number of aromatic nitrogens is 2. The van der Waals surface area contributed by atoms with Gasteiger partial charge in [-0.1, -0.05) is 23.4 Å². The van der Waals surface area contributed by atoms with Crippen molar-refractivity contribution < 1.29 is 8.42 Å². The highest BCUT2D eigenvalue weighted by atomic mass is 35.5. The van der Waals surface area contributed by atoms with Gasteiger partial charge in [-0.25, -0.2) is 13.4 Å². The molecule has 22 heavy (non-hydrogen) atoms. The summed E-state index contributed by atoms with van der Waals surface area (Å²) in [6.07, 6.45) is 0. The summed E-state index contributed by atoms with van der Waals surface area (Å²) >= 11 is 7.10. The first kappa shape index (κ1) is 15.4. The summed E-state index contributed by atoms with van der Waals surface area (Å²) in [7, 11) is -3.52. The van der Waals surface area contributed by atoms with Gasteiger partial charge in [0.2, 0.25) is 0 Å². The number of hydrogen-bond acceptors (Lipinski definition) is 6. The minimum atomic E-state index is -3.52. The van der Waals surface area contributed by atoms with Gasteiger partial charge in [-0.15, -0.1) is 0 Å². The molecule has 1 aromatic carbocycles. The molecule has 0 amide bonds. The number of halogens is 1. The molecule has 0 spiro atoms. The van der Waals surface area contributed by atoms with E-state index in [0.29, 0.717) is 15.9 Å². The Morgan fingerprint density at radius 3 is 2.73 bits per heavy atom. The highest BCUT2D eigenvalue weighted by Crippen LogP contribution is 2.32. The average Bonchev–Trinajstić information content (AvgIpc) is 2.81. The molecule has 116 valence electrons. The smallest absolute Gasteiger partial charge is 0.256 e. The topological polar surface area (TPSA) is 95.1 Å². The molecular formula is C13H12ClN3O3S2. The zero-order valence-corrected chi connectivity index (χ0v) is 13.7. The van der Waals surface area contributed by atoms with Crippen LogP contribution >= 0.6 is 23.4 Å². The molecule has 2 N–H and O–H groups in total. The van der Waals surface area contributed by atoms with Gasteiger partial charge in [-0.2, -0.15) is 0 Å². The number of fused-ring (bicyclic) bond motifs is 1. The van der Waals surface area contributed by atoms with Crippen molar-refractivity contribution in [1.82, 2.24) is 9.55 Å². The predicted octanol–water partition coefficient (Wildman–Crippen LogP) is 1.60. The van der Waals surface area contributed by atoms with Gasteiger partial charge >= 0.3 is 0 Å². The molecule has 6 nitrogen and oxygen atoms in total. The van der Waals surface area contributed by atoms with Crippen LogP contribution < -0.4 is 11.3 Å². The van der Waals surface area contributed by atoms with Gasteiger partial charge in [0.05, 0.1) is 16.7 Å². The van der Waals surface area contributed by atoms with Gasteiger partial charge in [-0.3, -0.25) is 9.36 Å². The van der Waals surface area contributed by atoms with Gasteiger partial charge in [0.25, 0.3) is 5.56 Å². The van der Waals surface area contributed by atoms with Gasteiger partial charge < -0.3 is 5.73 Å². The lowest BCUT2D eigenvalue weighted by atomic mass is 10.4.